The first-order valence-electron chi connectivity index (χ1n) is 7.38. The molecule has 1 aliphatic heterocycles. The molecule has 1 unspecified atom stereocenters. The molecule has 0 fully saturated rings. The second kappa shape index (κ2) is 6.66. The zero-order chi connectivity index (χ0) is 15.4. The summed E-state index contributed by atoms with van der Waals surface area (Å²) in [5.74, 6) is 2.14. The van der Waals surface area contributed by atoms with E-state index in [-0.39, 0.29) is 6.04 Å². The third-order valence-electron chi connectivity index (χ3n) is 3.63. The van der Waals surface area contributed by atoms with Gasteiger partial charge >= 0.3 is 0 Å². The van der Waals surface area contributed by atoms with Crippen molar-refractivity contribution in [1.82, 2.24) is 10.3 Å². The van der Waals surface area contributed by atoms with Crippen LogP contribution in [-0.4, -0.2) is 25.3 Å². The van der Waals surface area contributed by atoms with Gasteiger partial charge in [0.05, 0.1) is 12.8 Å². The van der Waals surface area contributed by atoms with Crippen LogP contribution in [0.2, 0.25) is 0 Å². The molecular weight excluding hydrogens is 280 g/mol. The molecule has 0 bridgehead atoms. The standard InChI is InChI=1S/C17H20N2O3/c1-12(14-5-3-4-6-18-14)19-11-13-9-15(20-2)17-16(10-13)21-7-8-22-17/h3-6,9-10,12,19H,7-8,11H2,1-2H3. The first kappa shape index (κ1) is 14.7. The van der Waals surface area contributed by atoms with Crippen molar-refractivity contribution in [3.05, 3.63) is 47.8 Å². The van der Waals surface area contributed by atoms with Gasteiger partial charge in [-0.1, -0.05) is 6.07 Å². The van der Waals surface area contributed by atoms with Crippen LogP contribution in [0.1, 0.15) is 24.2 Å². The summed E-state index contributed by atoms with van der Waals surface area (Å²) < 4.78 is 16.7. The Labute approximate surface area is 130 Å². The van der Waals surface area contributed by atoms with Crippen molar-refractivity contribution >= 4 is 0 Å². The van der Waals surface area contributed by atoms with Gasteiger partial charge in [0, 0.05) is 18.8 Å². The van der Waals surface area contributed by atoms with Crippen molar-refractivity contribution in [2.75, 3.05) is 20.3 Å². The third kappa shape index (κ3) is 3.14. The highest BCUT2D eigenvalue weighted by molar-refractivity contribution is 5.54. The van der Waals surface area contributed by atoms with Gasteiger partial charge < -0.3 is 19.5 Å². The average molecular weight is 300 g/mol. The monoisotopic (exact) mass is 300 g/mol. The second-order valence-electron chi connectivity index (χ2n) is 5.18. The lowest BCUT2D eigenvalue weighted by atomic mass is 10.1. The summed E-state index contributed by atoms with van der Waals surface area (Å²) in [6.07, 6.45) is 1.81. The summed E-state index contributed by atoms with van der Waals surface area (Å²) in [5.41, 5.74) is 2.11. The highest BCUT2D eigenvalue weighted by atomic mass is 16.6. The van der Waals surface area contributed by atoms with E-state index in [2.05, 4.69) is 17.2 Å². The van der Waals surface area contributed by atoms with Crippen LogP contribution >= 0.6 is 0 Å². The van der Waals surface area contributed by atoms with Crippen LogP contribution in [0.4, 0.5) is 0 Å². The Morgan fingerprint density at radius 1 is 1.27 bits per heavy atom. The number of pyridine rings is 1. The fraction of sp³-hybridized carbons (Fsp3) is 0.353. The molecule has 0 saturated carbocycles. The number of benzene rings is 1. The molecule has 0 spiro atoms. The van der Waals surface area contributed by atoms with Gasteiger partial charge in [-0.05, 0) is 36.8 Å². The first-order chi connectivity index (χ1) is 10.8. The van der Waals surface area contributed by atoms with Gasteiger partial charge in [-0.3, -0.25) is 4.98 Å². The summed E-state index contributed by atoms with van der Waals surface area (Å²) in [5, 5.41) is 3.46. The van der Waals surface area contributed by atoms with Crippen molar-refractivity contribution in [2.24, 2.45) is 0 Å². The Bertz CT molecular complexity index is 614. The van der Waals surface area contributed by atoms with Gasteiger partial charge in [0.1, 0.15) is 13.2 Å². The van der Waals surface area contributed by atoms with E-state index in [1.807, 2.05) is 30.3 Å². The van der Waals surface area contributed by atoms with Crippen molar-refractivity contribution in [3.8, 4) is 17.2 Å². The van der Waals surface area contributed by atoms with Gasteiger partial charge in [0.15, 0.2) is 11.5 Å². The van der Waals surface area contributed by atoms with E-state index in [0.717, 1.165) is 17.0 Å². The molecule has 0 saturated heterocycles. The van der Waals surface area contributed by atoms with Crippen molar-refractivity contribution in [3.63, 3.8) is 0 Å². The molecule has 0 aliphatic carbocycles. The lowest BCUT2D eigenvalue weighted by Gasteiger charge is -2.22. The SMILES string of the molecule is COc1cc(CNC(C)c2ccccn2)cc2c1OCCO2. The Morgan fingerprint density at radius 3 is 2.91 bits per heavy atom. The van der Waals surface area contributed by atoms with Crippen LogP contribution < -0.4 is 19.5 Å². The molecule has 5 heteroatoms. The molecule has 22 heavy (non-hydrogen) atoms. The topological polar surface area (TPSA) is 52.6 Å². The molecule has 1 N–H and O–H groups in total. The number of rotatable bonds is 5. The Kier molecular flexibility index (Phi) is 4.44. The lowest BCUT2D eigenvalue weighted by molar-refractivity contribution is 0.165. The smallest absolute Gasteiger partial charge is 0.203 e. The molecule has 5 nitrogen and oxygen atoms in total. The zero-order valence-electron chi connectivity index (χ0n) is 12.8. The number of nitrogens with zero attached hydrogens (tertiary/aromatic N) is 1. The first-order valence-corrected chi connectivity index (χ1v) is 7.38. The van der Waals surface area contributed by atoms with E-state index in [0.29, 0.717) is 31.3 Å². The van der Waals surface area contributed by atoms with E-state index in [9.17, 15) is 0 Å². The fourth-order valence-corrected chi connectivity index (χ4v) is 2.44. The molecule has 0 amide bonds. The molecule has 1 aromatic heterocycles. The summed E-state index contributed by atoms with van der Waals surface area (Å²) >= 11 is 0. The minimum absolute atomic E-state index is 0.167. The van der Waals surface area contributed by atoms with Gasteiger partial charge in [0.25, 0.3) is 0 Å². The quantitative estimate of drug-likeness (QED) is 0.920. The predicted octanol–water partition coefficient (Wildman–Crippen LogP) is 2.71. The van der Waals surface area contributed by atoms with E-state index >= 15 is 0 Å². The van der Waals surface area contributed by atoms with Crippen molar-refractivity contribution in [2.45, 2.75) is 19.5 Å². The van der Waals surface area contributed by atoms with Crippen LogP contribution in [0.25, 0.3) is 0 Å². The number of aromatic nitrogens is 1. The van der Waals surface area contributed by atoms with Gasteiger partial charge in [-0.15, -0.1) is 0 Å². The van der Waals surface area contributed by atoms with E-state index in [1.54, 1.807) is 13.3 Å². The summed E-state index contributed by atoms with van der Waals surface area (Å²) in [7, 11) is 1.64. The number of hydrogen-bond donors (Lipinski definition) is 1. The average Bonchev–Trinajstić information content (AvgIpc) is 2.59. The minimum atomic E-state index is 0.167. The maximum Gasteiger partial charge on any atom is 0.203 e. The molecule has 1 atom stereocenters. The van der Waals surface area contributed by atoms with Crippen molar-refractivity contribution < 1.29 is 14.2 Å². The summed E-state index contributed by atoms with van der Waals surface area (Å²) in [6.45, 7) is 3.91. The molecule has 0 radical (unpaired) electrons. The Morgan fingerprint density at radius 2 is 2.14 bits per heavy atom. The second-order valence-corrected chi connectivity index (χ2v) is 5.18. The van der Waals surface area contributed by atoms with Crippen molar-refractivity contribution in [1.29, 1.82) is 0 Å². The Hall–Kier alpha value is -2.27. The van der Waals surface area contributed by atoms with E-state index in [4.69, 9.17) is 14.2 Å². The van der Waals surface area contributed by atoms with Gasteiger partial charge in [-0.25, -0.2) is 0 Å². The highest BCUT2D eigenvalue weighted by Gasteiger charge is 2.18. The van der Waals surface area contributed by atoms with E-state index < -0.39 is 0 Å². The van der Waals surface area contributed by atoms with Crippen LogP contribution in [0, 0.1) is 0 Å². The normalized spacial score (nSPS) is 14.5. The molecular formula is C17H20N2O3. The molecule has 2 heterocycles. The molecule has 2 aromatic rings. The number of hydrogen-bond acceptors (Lipinski definition) is 5. The summed E-state index contributed by atoms with van der Waals surface area (Å²) in [6, 6.07) is 10.1. The van der Waals surface area contributed by atoms with Crippen LogP contribution in [-0.2, 0) is 6.54 Å². The maximum atomic E-state index is 5.65. The fourth-order valence-electron chi connectivity index (χ4n) is 2.44. The minimum Gasteiger partial charge on any atom is -0.493 e. The zero-order valence-corrected chi connectivity index (χ0v) is 12.8. The van der Waals surface area contributed by atoms with Gasteiger partial charge in [-0.2, -0.15) is 0 Å². The third-order valence-corrected chi connectivity index (χ3v) is 3.63. The molecule has 116 valence electrons. The van der Waals surface area contributed by atoms with E-state index in [1.165, 1.54) is 0 Å². The van der Waals surface area contributed by atoms with Gasteiger partial charge in [0.2, 0.25) is 5.75 Å². The lowest BCUT2D eigenvalue weighted by Crippen LogP contribution is -2.20. The van der Waals surface area contributed by atoms with Crippen LogP contribution in [0.3, 0.4) is 0 Å². The number of fused-ring (bicyclic) bond motifs is 1. The number of ether oxygens (including phenoxy) is 3. The predicted molar refractivity (Wildman–Crippen MR) is 83.5 cm³/mol. The Balaban J connectivity index is 1.73. The maximum absolute atomic E-state index is 5.65. The van der Waals surface area contributed by atoms with Crippen LogP contribution in [0.15, 0.2) is 36.5 Å². The van der Waals surface area contributed by atoms with Crippen LogP contribution in [0.5, 0.6) is 17.2 Å². The molecule has 1 aromatic carbocycles. The highest BCUT2D eigenvalue weighted by Crippen LogP contribution is 2.40. The molecule has 1 aliphatic rings. The largest absolute Gasteiger partial charge is 0.493 e. The number of methoxy groups -OCH3 is 1. The number of nitrogens with one attached hydrogen (secondary N) is 1. The summed E-state index contributed by atoms with van der Waals surface area (Å²) in [4.78, 5) is 4.36. The molecule has 3 rings (SSSR count).